The number of nitrogens with two attached hydrogens (primary N) is 1. The smallest absolute Gasteiger partial charge is 0.167 e. The summed E-state index contributed by atoms with van der Waals surface area (Å²) in [5.41, 5.74) is 5.89. The average Bonchev–Trinajstić information content (AvgIpc) is 2.32. The Morgan fingerprint density at radius 1 is 1.22 bits per heavy atom. The summed E-state index contributed by atoms with van der Waals surface area (Å²) in [7, 11) is 0. The van der Waals surface area contributed by atoms with Crippen LogP contribution in [0.1, 0.15) is 5.69 Å². The average molecular weight is 271 g/mol. The Morgan fingerprint density at radius 2 is 2.00 bits per heavy atom. The first-order valence-electron chi connectivity index (χ1n) is 5.05. The number of pyridine rings is 1. The summed E-state index contributed by atoms with van der Waals surface area (Å²) in [6.45, 7) is -0.0492. The van der Waals surface area contributed by atoms with Gasteiger partial charge in [-0.25, -0.2) is 13.8 Å². The van der Waals surface area contributed by atoms with Crippen molar-refractivity contribution in [2.45, 2.75) is 6.61 Å². The molecular formula is C12H9ClF2N2O. The van der Waals surface area contributed by atoms with Crippen molar-refractivity contribution in [3.8, 4) is 5.75 Å². The lowest BCUT2D eigenvalue weighted by atomic mass is 10.3. The molecule has 3 nitrogen and oxygen atoms in total. The van der Waals surface area contributed by atoms with E-state index in [2.05, 4.69) is 4.98 Å². The third-order valence-corrected chi connectivity index (χ3v) is 2.54. The Balaban J connectivity index is 2.13. The molecule has 6 heteroatoms. The highest BCUT2D eigenvalue weighted by Crippen LogP contribution is 2.21. The highest BCUT2D eigenvalue weighted by Gasteiger charge is 2.08. The van der Waals surface area contributed by atoms with E-state index >= 15 is 0 Å². The van der Waals surface area contributed by atoms with Crippen molar-refractivity contribution in [2.75, 3.05) is 5.73 Å². The van der Waals surface area contributed by atoms with E-state index in [-0.39, 0.29) is 18.2 Å². The van der Waals surface area contributed by atoms with Crippen molar-refractivity contribution < 1.29 is 13.5 Å². The predicted octanol–water partition coefficient (Wildman–Crippen LogP) is 3.17. The molecule has 0 saturated carbocycles. The summed E-state index contributed by atoms with van der Waals surface area (Å²) < 4.78 is 31.1. The molecule has 0 aliphatic heterocycles. The van der Waals surface area contributed by atoms with Crippen LogP contribution in [0.2, 0.25) is 5.02 Å². The monoisotopic (exact) mass is 270 g/mol. The number of nitrogen functional groups attached to an aromatic ring is 1. The van der Waals surface area contributed by atoms with Crippen LogP contribution in [0.15, 0.2) is 30.3 Å². The highest BCUT2D eigenvalue weighted by atomic mass is 35.5. The molecule has 1 heterocycles. The molecule has 2 rings (SSSR count). The first-order valence-corrected chi connectivity index (χ1v) is 5.43. The van der Waals surface area contributed by atoms with Crippen molar-refractivity contribution in [3.63, 3.8) is 0 Å². The lowest BCUT2D eigenvalue weighted by Gasteiger charge is -2.08. The molecule has 94 valence electrons. The van der Waals surface area contributed by atoms with E-state index in [4.69, 9.17) is 22.1 Å². The fourth-order valence-corrected chi connectivity index (χ4v) is 1.50. The van der Waals surface area contributed by atoms with Crippen molar-refractivity contribution in [1.82, 2.24) is 4.98 Å². The largest absolute Gasteiger partial charge is 0.484 e. The van der Waals surface area contributed by atoms with Gasteiger partial charge in [-0.3, -0.25) is 0 Å². The number of nitrogens with zero attached hydrogens (tertiary/aromatic N) is 1. The zero-order chi connectivity index (χ0) is 13.1. The maximum atomic E-state index is 13.3. The molecule has 0 bridgehead atoms. The van der Waals surface area contributed by atoms with E-state index in [0.717, 1.165) is 12.1 Å². The zero-order valence-corrected chi connectivity index (χ0v) is 9.92. The van der Waals surface area contributed by atoms with Gasteiger partial charge in [-0.15, -0.1) is 0 Å². The van der Waals surface area contributed by atoms with Crippen LogP contribution < -0.4 is 10.5 Å². The van der Waals surface area contributed by atoms with Crippen LogP contribution in [0.4, 0.5) is 14.6 Å². The maximum Gasteiger partial charge on any atom is 0.167 e. The van der Waals surface area contributed by atoms with Crippen molar-refractivity contribution >= 4 is 17.4 Å². The molecule has 0 unspecified atom stereocenters. The summed E-state index contributed by atoms with van der Waals surface area (Å²) in [6, 6.07) is 6.16. The van der Waals surface area contributed by atoms with Gasteiger partial charge in [-0.1, -0.05) is 11.6 Å². The van der Waals surface area contributed by atoms with Crippen molar-refractivity contribution in [2.24, 2.45) is 0 Å². The molecule has 18 heavy (non-hydrogen) atoms. The van der Waals surface area contributed by atoms with E-state index < -0.39 is 11.6 Å². The predicted molar refractivity (Wildman–Crippen MR) is 64.3 cm³/mol. The molecule has 0 spiro atoms. The summed E-state index contributed by atoms with van der Waals surface area (Å²) in [5, 5.41) is 0.367. The highest BCUT2D eigenvalue weighted by molar-refractivity contribution is 6.31. The summed E-state index contributed by atoms with van der Waals surface area (Å²) >= 11 is 5.88. The van der Waals surface area contributed by atoms with Crippen LogP contribution in [0.25, 0.3) is 0 Å². The van der Waals surface area contributed by atoms with Gasteiger partial charge in [0.25, 0.3) is 0 Å². The minimum atomic E-state index is -0.782. The van der Waals surface area contributed by atoms with Gasteiger partial charge in [0.2, 0.25) is 0 Å². The Morgan fingerprint density at radius 3 is 2.72 bits per heavy atom. The second kappa shape index (κ2) is 5.18. The van der Waals surface area contributed by atoms with Gasteiger partial charge >= 0.3 is 0 Å². The van der Waals surface area contributed by atoms with Crippen LogP contribution >= 0.6 is 11.6 Å². The summed E-state index contributed by atoms with van der Waals surface area (Å²) in [5.74, 6) is -1.23. The first kappa shape index (κ1) is 12.6. The number of rotatable bonds is 3. The van der Waals surface area contributed by atoms with Gasteiger partial charge in [0.05, 0.1) is 10.7 Å². The Labute approximate surface area is 107 Å². The van der Waals surface area contributed by atoms with Crippen LogP contribution in [-0.2, 0) is 6.61 Å². The molecule has 0 fully saturated rings. The van der Waals surface area contributed by atoms with Crippen molar-refractivity contribution in [3.05, 3.63) is 52.7 Å². The lowest BCUT2D eigenvalue weighted by Crippen LogP contribution is -2.03. The number of ether oxygens (including phenoxy) is 1. The SMILES string of the molecule is Nc1ccc(Cl)c(COc2ccc(F)cc2F)n1. The van der Waals surface area contributed by atoms with E-state index in [1.165, 1.54) is 6.07 Å². The Bertz CT molecular complexity index is 578. The van der Waals surface area contributed by atoms with Crippen molar-refractivity contribution in [1.29, 1.82) is 0 Å². The zero-order valence-electron chi connectivity index (χ0n) is 9.16. The molecule has 0 saturated heterocycles. The molecule has 0 radical (unpaired) electrons. The van der Waals surface area contributed by atoms with Gasteiger partial charge in [0.1, 0.15) is 18.2 Å². The minimum Gasteiger partial charge on any atom is -0.484 e. The number of aromatic nitrogens is 1. The molecule has 0 aliphatic rings. The molecule has 2 aromatic rings. The maximum absolute atomic E-state index is 13.3. The second-order valence-electron chi connectivity index (χ2n) is 3.53. The quantitative estimate of drug-likeness (QED) is 0.932. The van der Waals surface area contributed by atoms with Gasteiger partial charge in [0.15, 0.2) is 11.6 Å². The number of benzene rings is 1. The molecule has 0 atom stereocenters. The van der Waals surface area contributed by atoms with Gasteiger partial charge in [-0.2, -0.15) is 0 Å². The second-order valence-corrected chi connectivity index (χ2v) is 3.94. The first-order chi connectivity index (χ1) is 8.56. The topological polar surface area (TPSA) is 48.1 Å². The van der Waals surface area contributed by atoms with Crippen LogP contribution in [0.3, 0.4) is 0 Å². The molecule has 2 N–H and O–H groups in total. The van der Waals surface area contributed by atoms with Crippen LogP contribution in [0.5, 0.6) is 5.75 Å². The molecule has 1 aromatic carbocycles. The number of hydrogen-bond donors (Lipinski definition) is 1. The van der Waals surface area contributed by atoms with E-state index in [1.807, 2.05) is 0 Å². The van der Waals surface area contributed by atoms with Gasteiger partial charge in [-0.05, 0) is 24.3 Å². The fraction of sp³-hybridized carbons (Fsp3) is 0.0833. The molecule has 0 aliphatic carbocycles. The van der Waals surface area contributed by atoms with Crippen LogP contribution in [-0.4, -0.2) is 4.98 Å². The minimum absolute atomic E-state index is 0.0492. The summed E-state index contributed by atoms with van der Waals surface area (Å²) in [6.07, 6.45) is 0. The molecule has 0 amide bonds. The normalized spacial score (nSPS) is 10.4. The van der Waals surface area contributed by atoms with Gasteiger partial charge in [0, 0.05) is 6.07 Å². The number of hydrogen-bond acceptors (Lipinski definition) is 3. The van der Waals surface area contributed by atoms with E-state index in [0.29, 0.717) is 10.7 Å². The lowest BCUT2D eigenvalue weighted by molar-refractivity contribution is 0.285. The van der Waals surface area contributed by atoms with Gasteiger partial charge < -0.3 is 10.5 Å². The standard InChI is InChI=1S/C12H9ClF2N2O/c13-8-2-4-12(16)17-10(8)6-18-11-3-1-7(14)5-9(11)15/h1-5H,6H2,(H2,16,17). The molecule has 1 aromatic heterocycles. The third kappa shape index (κ3) is 2.87. The van der Waals surface area contributed by atoms with E-state index in [1.54, 1.807) is 12.1 Å². The third-order valence-electron chi connectivity index (χ3n) is 2.20. The van der Waals surface area contributed by atoms with Crippen LogP contribution in [0, 0.1) is 11.6 Å². The fourth-order valence-electron chi connectivity index (χ4n) is 1.34. The Hall–Kier alpha value is -1.88. The molecular weight excluding hydrogens is 262 g/mol. The van der Waals surface area contributed by atoms with E-state index in [9.17, 15) is 8.78 Å². The summed E-state index contributed by atoms with van der Waals surface area (Å²) in [4.78, 5) is 3.96. The number of anilines is 1. The Kier molecular flexibility index (Phi) is 3.62. The number of halogens is 3.